The molecule has 0 fully saturated rings. The molecule has 5 heteroatoms. The van der Waals surface area contributed by atoms with Gasteiger partial charge in [-0.2, -0.15) is 5.26 Å². The van der Waals surface area contributed by atoms with Crippen LogP contribution < -0.4 is 10.1 Å². The van der Waals surface area contributed by atoms with Crippen molar-refractivity contribution in [3.8, 4) is 22.9 Å². The first-order valence-corrected chi connectivity index (χ1v) is 6.47. The van der Waals surface area contributed by atoms with E-state index in [1.807, 2.05) is 29.6 Å². The number of anilines is 1. The van der Waals surface area contributed by atoms with Gasteiger partial charge in [-0.3, -0.25) is 4.79 Å². The molecule has 96 valence electrons. The highest BCUT2D eigenvalue weighted by molar-refractivity contribution is 7.11. The van der Waals surface area contributed by atoms with E-state index in [4.69, 9.17) is 10.00 Å². The van der Waals surface area contributed by atoms with Crippen LogP contribution in [0.3, 0.4) is 0 Å². The van der Waals surface area contributed by atoms with Gasteiger partial charge in [0, 0.05) is 17.9 Å². The highest BCUT2D eigenvalue weighted by Gasteiger charge is 2.14. The second-order valence-corrected chi connectivity index (χ2v) is 4.75. The molecule has 1 heterocycles. The van der Waals surface area contributed by atoms with Gasteiger partial charge < -0.3 is 10.1 Å². The molecule has 1 amide bonds. The minimum absolute atomic E-state index is 0.190. The smallest absolute Gasteiger partial charge is 0.221 e. The number of amides is 1. The summed E-state index contributed by atoms with van der Waals surface area (Å²) in [6.45, 7) is 1.43. The van der Waals surface area contributed by atoms with Crippen LogP contribution in [-0.4, -0.2) is 13.0 Å². The molecule has 0 spiro atoms. The number of ether oxygens (including phenoxy) is 1. The maximum Gasteiger partial charge on any atom is 0.221 e. The van der Waals surface area contributed by atoms with Crippen LogP contribution in [0.5, 0.6) is 5.75 Å². The maximum absolute atomic E-state index is 11.2. The van der Waals surface area contributed by atoms with Crippen LogP contribution >= 0.6 is 11.3 Å². The normalized spacial score (nSPS) is 9.74. The summed E-state index contributed by atoms with van der Waals surface area (Å²) in [7, 11) is 1.61. The summed E-state index contributed by atoms with van der Waals surface area (Å²) in [4.78, 5) is 11.7. The van der Waals surface area contributed by atoms with Crippen molar-refractivity contribution in [2.75, 3.05) is 12.4 Å². The average molecular weight is 272 g/mol. The lowest BCUT2D eigenvalue weighted by atomic mass is 10.1. The quantitative estimate of drug-likeness (QED) is 0.932. The number of carbonyl (C=O) groups excluding carboxylic acids is 1. The van der Waals surface area contributed by atoms with Crippen molar-refractivity contribution < 1.29 is 9.53 Å². The van der Waals surface area contributed by atoms with Gasteiger partial charge in [0.05, 0.1) is 12.8 Å². The number of benzene rings is 1. The molecule has 0 unspecified atom stereocenters. The van der Waals surface area contributed by atoms with Crippen LogP contribution in [0.2, 0.25) is 0 Å². The Morgan fingerprint density at radius 1 is 1.37 bits per heavy atom. The fraction of sp³-hybridized carbons (Fsp3) is 0.143. The third kappa shape index (κ3) is 2.75. The Morgan fingerprint density at radius 3 is 2.58 bits per heavy atom. The molecule has 0 saturated heterocycles. The Hall–Kier alpha value is -2.32. The van der Waals surface area contributed by atoms with Crippen LogP contribution in [0.15, 0.2) is 29.6 Å². The lowest BCUT2D eigenvalue weighted by Crippen LogP contribution is -2.06. The van der Waals surface area contributed by atoms with Gasteiger partial charge in [0.1, 0.15) is 16.7 Å². The molecule has 19 heavy (non-hydrogen) atoms. The van der Waals surface area contributed by atoms with Crippen molar-refractivity contribution in [1.82, 2.24) is 0 Å². The molecule has 1 N–H and O–H groups in total. The summed E-state index contributed by atoms with van der Waals surface area (Å²) in [5.74, 6) is 0.574. The van der Waals surface area contributed by atoms with Gasteiger partial charge in [-0.05, 0) is 17.7 Å². The number of nitrogens with zero attached hydrogens (tertiary/aromatic N) is 1. The van der Waals surface area contributed by atoms with Gasteiger partial charge in [0.15, 0.2) is 0 Å². The molecular formula is C14H12N2O2S. The van der Waals surface area contributed by atoms with E-state index in [0.29, 0.717) is 10.6 Å². The summed E-state index contributed by atoms with van der Waals surface area (Å²) >= 11 is 1.32. The molecule has 0 bridgehead atoms. The van der Waals surface area contributed by atoms with Crippen molar-refractivity contribution in [2.45, 2.75) is 6.92 Å². The number of carbonyl (C=O) groups is 1. The number of methoxy groups -OCH3 is 1. The van der Waals surface area contributed by atoms with E-state index in [2.05, 4.69) is 11.4 Å². The van der Waals surface area contributed by atoms with Crippen molar-refractivity contribution in [3.05, 3.63) is 34.5 Å². The molecule has 0 atom stereocenters. The van der Waals surface area contributed by atoms with Gasteiger partial charge in [0.2, 0.25) is 5.91 Å². The molecular weight excluding hydrogens is 260 g/mol. The molecule has 1 aromatic carbocycles. The maximum atomic E-state index is 11.2. The number of thiophene rings is 1. The van der Waals surface area contributed by atoms with Crippen molar-refractivity contribution in [3.63, 3.8) is 0 Å². The van der Waals surface area contributed by atoms with E-state index in [9.17, 15) is 4.79 Å². The number of hydrogen-bond donors (Lipinski definition) is 1. The Kier molecular flexibility index (Phi) is 3.83. The fourth-order valence-corrected chi connectivity index (χ4v) is 2.54. The lowest BCUT2D eigenvalue weighted by molar-refractivity contribution is -0.114. The minimum atomic E-state index is -0.190. The Morgan fingerprint density at radius 2 is 2.05 bits per heavy atom. The number of hydrogen-bond acceptors (Lipinski definition) is 4. The van der Waals surface area contributed by atoms with Crippen molar-refractivity contribution in [2.24, 2.45) is 0 Å². The van der Waals surface area contributed by atoms with Gasteiger partial charge in [-0.25, -0.2) is 0 Å². The zero-order chi connectivity index (χ0) is 13.8. The van der Waals surface area contributed by atoms with Gasteiger partial charge in [0.25, 0.3) is 0 Å². The van der Waals surface area contributed by atoms with Crippen LogP contribution in [0.25, 0.3) is 11.1 Å². The van der Waals surface area contributed by atoms with Crippen LogP contribution in [0.4, 0.5) is 5.69 Å². The molecule has 0 radical (unpaired) electrons. The van der Waals surface area contributed by atoms with Gasteiger partial charge in [-0.1, -0.05) is 12.1 Å². The van der Waals surface area contributed by atoms with Crippen molar-refractivity contribution in [1.29, 1.82) is 5.26 Å². The largest absolute Gasteiger partial charge is 0.497 e. The molecule has 4 nitrogen and oxygen atoms in total. The fourth-order valence-electron chi connectivity index (χ4n) is 1.72. The predicted molar refractivity (Wildman–Crippen MR) is 75.3 cm³/mol. The molecule has 0 saturated carbocycles. The first-order valence-electron chi connectivity index (χ1n) is 5.59. The summed E-state index contributed by atoms with van der Waals surface area (Å²) < 4.78 is 5.11. The highest BCUT2D eigenvalue weighted by atomic mass is 32.1. The SMILES string of the molecule is COc1ccc(-c2csc(C#N)c2NC(C)=O)cc1. The Balaban J connectivity index is 2.46. The third-order valence-corrected chi connectivity index (χ3v) is 3.48. The Labute approximate surface area is 115 Å². The van der Waals surface area contributed by atoms with E-state index in [1.54, 1.807) is 7.11 Å². The summed E-state index contributed by atoms with van der Waals surface area (Å²) in [6.07, 6.45) is 0. The number of nitriles is 1. The molecule has 0 aliphatic rings. The summed E-state index contributed by atoms with van der Waals surface area (Å²) in [5, 5.41) is 13.6. The van der Waals surface area contributed by atoms with E-state index < -0.39 is 0 Å². The lowest BCUT2D eigenvalue weighted by Gasteiger charge is -2.06. The number of rotatable bonds is 3. The first-order chi connectivity index (χ1) is 9.15. The van der Waals surface area contributed by atoms with E-state index >= 15 is 0 Å². The van der Waals surface area contributed by atoms with Crippen LogP contribution in [-0.2, 0) is 4.79 Å². The van der Waals surface area contributed by atoms with E-state index in [-0.39, 0.29) is 5.91 Å². The molecule has 0 aliphatic carbocycles. The monoisotopic (exact) mass is 272 g/mol. The molecule has 1 aromatic heterocycles. The third-order valence-electron chi connectivity index (χ3n) is 2.59. The second-order valence-electron chi connectivity index (χ2n) is 3.87. The number of nitrogens with one attached hydrogen (secondary N) is 1. The zero-order valence-electron chi connectivity index (χ0n) is 10.6. The van der Waals surface area contributed by atoms with Gasteiger partial charge in [-0.15, -0.1) is 11.3 Å². The van der Waals surface area contributed by atoms with Crippen molar-refractivity contribution >= 4 is 22.9 Å². The molecule has 2 aromatic rings. The standard InChI is InChI=1S/C14H12N2O2S/c1-9(17)16-14-12(8-19-13(14)7-15)10-3-5-11(18-2)6-4-10/h3-6,8H,1-2H3,(H,16,17). The van der Waals surface area contributed by atoms with Crippen LogP contribution in [0, 0.1) is 11.3 Å². The highest BCUT2D eigenvalue weighted by Crippen LogP contribution is 2.36. The Bertz CT molecular complexity index is 638. The molecule has 2 rings (SSSR count). The summed E-state index contributed by atoms with van der Waals surface area (Å²) in [5.41, 5.74) is 2.35. The zero-order valence-corrected chi connectivity index (χ0v) is 11.4. The first kappa shape index (κ1) is 13.1. The van der Waals surface area contributed by atoms with E-state index in [0.717, 1.165) is 16.9 Å². The van der Waals surface area contributed by atoms with Crippen LogP contribution in [0.1, 0.15) is 11.8 Å². The second kappa shape index (κ2) is 5.55. The average Bonchev–Trinajstić information content (AvgIpc) is 2.81. The predicted octanol–water partition coefficient (Wildman–Crippen LogP) is 3.25. The molecule has 0 aliphatic heterocycles. The summed E-state index contributed by atoms with van der Waals surface area (Å²) in [6, 6.07) is 9.57. The minimum Gasteiger partial charge on any atom is -0.497 e. The topological polar surface area (TPSA) is 62.1 Å². The van der Waals surface area contributed by atoms with Gasteiger partial charge >= 0.3 is 0 Å². The van der Waals surface area contributed by atoms with E-state index in [1.165, 1.54) is 18.3 Å².